The van der Waals surface area contributed by atoms with Crippen LogP contribution in [0.25, 0.3) is 65.2 Å². The van der Waals surface area contributed by atoms with Crippen LogP contribution in [-0.2, 0) is 0 Å². The Labute approximate surface area is 229 Å². The fraction of sp³-hybridized carbons (Fsp3) is 0. The molecule has 0 aliphatic carbocycles. The average Bonchev–Trinajstić information content (AvgIpc) is 3.37. The summed E-state index contributed by atoms with van der Waals surface area (Å²) in [4.78, 5) is 13.9. The minimum absolute atomic E-state index is 0.181. The highest BCUT2D eigenvalue weighted by Crippen LogP contribution is 2.43. The summed E-state index contributed by atoms with van der Waals surface area (Å²) in [6.45, 7) is 0. The second-order valence-corrected chi connectivity index (χ2v) is 10.4. The fourth-order valence-corrected chi connectivity index (χ4v) is 6.39. The number of thiophene rings is 1. The molecular weight excluding hydrogens is 506 g/mol. The van der Waals surface area contributed by atoms with Crippen molar-refractivity contribution in [3.8, 4) is 45.0 Å². The molecule has 0 radical (unpaired) electrons. The van der Waals surface area contributed by atoms with Crippen LogP contribution in [0.5, 0.6) is 0 Å². The van der Waals surface area contributed by atoms with Crippen LogP contribution in [0, 0.1) is 0 Å². The Bertz CT molecular complexity index is 1910. The third-order valence-electron chi connectivity index (χ3n) is 6.71. The summed E-state index contributed by atoms with van der Waals surface area (Å²) in [7, 11) is 0. The van der Waals surface area contributed by atoms with E-state index >= 15 is 0 Å². The van der Waals surface area contributed by atoms with Gasteiger partial charge in [0.2, 0.25) is 5.28 Å². The number of nitrogens with zero attached hydrogens (tertiary/aromatic N) is 3. The average molecular weight is 526 g/mol. The minimum Gasteiger partial charge on any atom is -0.208 e. The lowest BCUT2D eigenvalue weighted by Gasteiger charge is -2.07. The van der Waals surface area contributed by atoms with Crippen molar-refractivity contribution in [2.24, 2.45) is 0 Å². The van der Waals surface area contributed by atoms with Gasteiger partial charge in [-0.1, -0.05) is 115 Å². The molecule has 0 saturated carbocycles. The first-order valence-electron chi connectivity index (χ1n) is 12.3. The van der Waals surface area contributed by atoms with Crippen molar-refractivity contribution in [1.29, 1.82) is 0 Å². The fourth-order valence-electron chi connectivity index (χ4n) is 4.88. The van der Waals surface area contributed by atoms with Crippen molar-refractivity contribution in [3.05, 3.63) is 127 Å². The van der Waals surface area contributed by atoms with Crippen molar-refractivity contribution in [3.63, 3.8) is 0 Å². The highest BCUT2D eigenvalue weighted by Gasteiger charge is 2.17. The Morgan fingerprint density at radius 1 is 0.421 bits per heavy atom. The standard InChI is InChI=1S/C33H20ClN3S/c34-33-36-31(24-19-17-22(18-20-24)21-9-3-1-4-10-21)35-32(37-33)28-16-8-15-27-26-14-7-13-25(29(26)38-30(27)28)23-11-5-2-6-12-23/h1-20H. The maximum Gasteiger partial charge on any atom is 0.226 e. The molecule has 0 amide bonds. The van der Waals surface area contributed by atoms with Crippen LogP contribution >= 0.6 is 22.9 Å². The zero-order chi connectivity index (χ0) is 25.5. The van der Waals surface area contributed by atoms with E-state index < -0.39 is 0 Å². The molecule has 0 aliphatic rings. The van der Waals surface area contributed by atoms with E-state index in [-0.39, 0.29) is 5.28 Å². The van der Waals surface area contributed by atoms with Crippen LogP contribution in [-0.4, -0.2) is 15.0 Å². The maximum atomic E-state index is 6.45. The van der Waals surface area contributed by atoms with Gasteiger partial charge in [0.05, 0.1) is 0 Å². The van der Waals surface area contributed by atoms with Gasteiger partial charge in [-0.15, -0.1) is 11.3 Å². The van der Waals surface area contributed by atoms with Crippen molar-refractivity contribution >= 4 is 43.1 Å². The Balaban J connectivity index is 1.35. The Hall–Kier alpha value is -4.38. The lowest BCUT2D eigenvalue weighted by molar-refractivity contribution is 1.07. The zero-order valence-corrected chi connectivity index (χ0v) is 21.7. The number of benzene rings is 5. The number of hydrogen-bond acceptors (Lipinski definition) is 4. The van der Waals surface area contributed by atoms with Crippen LogP contribution in [0.3, 0.4) is 0 Å². The monoisotopic (exact) mass is 525 g/mol. The molecule has 38 heavy (non-hydrogen) atoms. The van der Waals surface area contributed by atoms with Crippen molar-refractivity contribution < 1.29 is 0 Å². The van der Waals surface area contributed by atoms with Crippen LogP contribution < -0.4 is 0 Å². The van der Waals surface area contributed by atoms with Gasteiger partial charge in [-0.05, 0) is 39.9 Å². The first-order valence-corrected chi connectivity index (χ1v) is 13.5. The SMILES string of the molecule is Clc1nc(-c2ccc(-c3ccccc3)cc2)nc(-c2cccc3c2sc2c(-c4ccccc4)cccc23)n1. The third kappa shape index (κ3) is 4.04. The van der Waals surface area contributed by atoms with E-state index in [1.54, 1.807) is 11.3 Å². The van der Waals surface area contributed by atoms with Crippen molar-refractivity contribution in [1.82, 2.24) is 15.0 Å². The second-order valence-electron chi connectivity index (χ2n) is 9.03. The van der Waals surface area contributed by atoms with Gasteiger partial charge in [0.25, 0.3) is 0 Å². The van der Waals surface area contributed by atoms with Crippen molar-refractivity contribution in [2.45, 2.75) is 0 Å². The molecule has 3 nitrogen and oxygen atoms in total. The predicted molar refractivity (Wildman–Crippen MR) is 159 cm³/mol. The van der Waals surface area contributed by atoms with Crippen LogP contribution in [0.2, 0.25) is 5.28 Å². The summed E-state index contributed by atoms with van der Waals surface area (Å²) < 4.78 is 2.39. The highest BCUT2D eigenvalue weighted by molar-refractivity contribution is 7.26. The van der Waals surface area contributed by atoms with E-state index in [0.29, 0.717) is 11.6 Å². The molecule has 7 aromatic rings. The molecule has 0 spiro atoms. The first kappa shape index (κ1) is 22.8. The summed E-state index contributed by atoms with van der Waals surface area (Å²) in [5.74, 6) is 1.13. The highest BCUT2D eigenvalue weighted by atomic mass is 35.5. The van der Waals surface area contributed by atoms with Gasteiger partial charge < -0.3 is 0 Å². The maximum absolute atomic E-state index is 6.45. The molecule has 0 saturated heterocycles. The van der Waals surface area contributed by atoms with Gasteiger partial charge in [-0.25, -0.2) is 4.98 Å². The third-order valence-corrected chi connectivity index (χ3v) is 8.17. The van der Waals surface area contributed by atoms with Crippen LogP contribution in [0.1, 0.15) is 0 Å². The predicted octanol–water partition coefficient (Wildman–Crippen LogP) is 9.56. The van der Waals surface area contributed by atoms with E-state index in [2.05, 4.69) is 94.9 Å². The molecule has 0 bridgehead atoms. The summed E-state index contributed by atoms with van der Waals surface area (Å²) in [6.07, 6.45) is 0. The molecule has 2 aromatic heterocycles. The molecule has 7 rings (SSSR count). The molecule has 0 atom stereocenters. The quantitative estimate of drug-likeness (QED) is 0.229. The largest absolute Gasteiger partial charge is 0.226 e. The summed E-state index contributed by atoms with van der Waals surface area (Å²) in [5.41, 5.74) is 6.58. The number of rotatable bonds is 4. The Kier molecular flexibility index (Phi) is 5.69. The molecule has 5 heteroatoms. The molecule has 2 heterocycles. The van der Waals surface area contributed by atoms with Gasteiger partial charge in [0.15, 0.2) is 11.6 Å². The van der Waals surface area contributed by atoms with Crippen molar-refractivity contribution in [2.75, 3.05) is 0 Å². The van der Waals surface area contributed by atoms with E-state index in [4.69, 9.17) is 16.6 Å². The van der Waals surface area contributed by atoms with Gasteiger partial charge in [0, 0.05) is 31.3 Å². The van der Waals surface area contributed by atoms with Gasteiger partial charge in [-0.2, -0.15) is 9.97 Å². The lowest BCUT2D eigenvalue weighted by atomic mass is 10.0. The lowest BCUT2D eigenvalue weighted by Crippen LogP contribution is -1.97. The van der Waals surface area contributed by atoms with E-state index in [9.17, 15) is 0 Å². The summed E-state index contributed by atoms with van der Waals surface area (Å²) >= 11 is 8.22. The molecule has 180 valence electrons. The van der Waals surface area contributed by atoms with Gasteiger partial charge >= 0.3 is 0 Å². The van der Waals surface area contributed by atoms with E-state index in [0.717, 1.165) is 21.4 Å². The number of hydrogen-bond donors (Lipinski definition) is 0. The Morgan fingerprint density at radius 3 is 1.63 bits per heavy atom. The van der Waals surface area contributed by atoms with Gasteiger partial charge in [-0.3, -0.25) is 0 Å². The second kappa shape index (κ2) is 9.49. The molecular formula is C33H20ClN3S. The Morgan fingerprint density at radius 2 is 0.947 bits per heavy atom. The topological polar surface area (TPSA) is 38.7 Å². The van der Waals surface area contributed by atoms with Crippen LogP contribution in [0.15, 0.2) is 121 Å². The summed E-state index contributed by atoms with van der Waals surface area (Å²) in [6, 6.07) is 41.8. The number of aromatic nitrogens is 3. The molecule has 0 aliphatic heterocycles. The van der Waals surface area contributed by atoms with E-state index in [1.807, 2.05) is 36.4 Å². The van der Waals surface area contributed by atoms with Crippen LogP contribution in [0.4, 0.5) is 0 Å². The first-order chi connectivity index (χ1) is 18.7. The normalized spacial score (nSPS) is 11.3. The molecule has 0 unspecified atom stereocenters. The molecule has 5 aromatic carbocycles. The van der Waals surface area contributed by atoms with Gasteiger partial charge in [0.1, 0.15) is 0 Å². The smallest absolute Gasteiger partial charge is 0.208 e. The number of halogens is 1. The van der Waals surface area contributed by atoms with E-state index in [1.165, 1.54) is 32.2 Å². The summed E-state index contributed by atoms with van der Waals surface area (Å²) in [5, 5.41) is 2.59. The minimum atomic E-state index is 0.181. The zero-order valence-electron chi connectivity index (χ0n) is 20.2. The molecule has 0 fully saturated rings. The molecule has 0 N–H and O–H groups in total. The number of fused-ring (bicyclic) bond motifs is 3.